The average Bonchev–Trinajstić information content (AvgIpc) is 3.01. The Balaban J connectivity index is 2.08. The van der Waals surface area contributed by atoms with E-state index in [-0.39, 0.29) is 11.8 Å². The number of anilines is 1. The highest BCUT2D eigenvalue weighted by molar-refractivity contribution is 7.17. The zero-order valence-corrected chi connectivity index (χ0v) is 12.3. The van der Waals surface area contributed by atoms with E-state index in [1.54, 1.807) is 6.92 Å². The van der Waals surface area contributed by atoms with E-state index in [1.165, 1.54) is 11.3 Å². The Morgan fingerprint density at radius 3 is 3.10 bits per heavy atom. The van der Waals surface area contributed by atoms with Crippen molar-refractivity contribution in [3.8, 4) is 11.5 Å². The Hall–Kier alpha value is -1.44. The molecule has 1 N–H and O–H groups in total. The van der Waals surface area contributed by atoms with Crippen LogP contribution in [0, 0.1) is 6.92 Å². The minimum Gasteiger partial charge on any atom is -0.376 e. The highest BCUT2D eigenvalue weighted by atomic mass is 35.5. The number of nitrogens with zero attached hydrogens (tertiary/aromatic N) is 2. The van der Waals surface area contributed by atoms with Gasteiger partial charge in [-0.15, -0.1) is 22.9 Å². The standard InChI is InChI=1S/C12H12ClN3O3S/c1-6-14-11(19-16-6)10-7-2-3-18-5-8(7)20-12(10)15-9(17)4-13/h2-5H2,1H3,(H,15,17). The van der Waals surface area contributed by atoms with Gasteiger partial charge in [-0.05, 0) is 18.9 Å². The van der Waals surface area contributed by atoms with Crippen molar-refractivity contribution in [3.63, 3.8) is 0 Å². The van der Waals surface area contributed by atoms with Gasteiger partial charge in [-0.25, -0.2) is 0 Å². The van der Waals surface area contributed by atoms with Crippen LogP contribution < -0.4 is 5.32 Å². The van der Waals surface area contributed by atoms with Gasteiger partial charge in [-0.2, -0.15) is 4.98 Å². The molecule has 0 saturated heterocycles. The van der Waals surface area contributed by atoms with Crippen LogP contribution in [0.15, 0.2) is 4.52 Å². The number of halogens is 1. The van der Waals surface area contributed by atoms with Crippen molar-refractivity contribution in [3.05, 3.63) is 16.3 Å². The molecule has 3 rings (SSSR count). The Kier molecular flexibility index (Phi) is 3.73. The van der Waals surface area contributed by atoms with Crippen molar-refractivity contribution >= 4 is 33.8 Å². The lowest BCUT2D eigenvalue weighted by Gasteiger charge is -2.12. The molecular formula is C12H12ClN3O3S. The fourth-order valence-electron chi connectivity index (χ4n) is 2.11. The number of aryl methyl sites for hydroxylation is 1. The molecule has 1 amide bonds. The first-order chi connectivity index (χ1) is 9.69. The summed E-state index contributed by atoms with van der Waals surface area (Å²) in [6, 6.07) is 0. The molecule has 0 saturated carbocycles. The second-order valence-corrected chi connectivity index (χ2v) is 5.71. The predicted molar refractivity (Wildman–Crippen MR) is 75.1 cm³/mol. The second-order valence-electron chi connectivity index (χ2n) is 4.34. The Morgan fingerprint density at radius 2 is 2.40 bits per heavy atom. The molecule has 0 bridgehead atoms. The normalized spacial score (nSPS) is 14.1. The summed E-state index contributed by atoms with van der Waals surface area (Å²) in [5, 5.41) is 7.29. The topological polar surface area (TPSA) is 77.2 Å². The first-order valence-corrected chi connectivity index (χ1v) is 7.43. The molecule has 0 aromatic carbocycles. The summed E-state index contributed by atoms with van der Waals surface area (Å²) < 4.78 is 10.7. The van der Waals surface area contributed by atoms with Gasteiger partial charge in [0.1, 0.15) is 10.9 Å². The molecule has 0 unspecified atom stereocenters. The zero-order valence-electron chi connectivity index (χ0n) is 10.7. The first-order valence-electron chi connectivity index (χ1n) is 6.08. The fourth-order valence-corrected chi connectivity index (χ4v) is 3.37. The number of thiophene rings is 1. The molecule has 1 aliphatic heterocycles. The quantitative estimate of drug-likeness (QED) is 0.880. The minimum absolute atomic E-state index is 0.0959. The zero-order chi connectivity index (χ0) is 14.1. The third-order valence-corrected chi connectivity index (χ3v) is 4.30. The van der Waals surface area contributed by atoms with Gasteiger partial charge < -0.3 is 14.6 Å². The van der Waals surface area contributed by atoms with Gasteiger partial charge in [0, 0.05) is 4.88 Å². The van der Waals surface area contributed by atoms with Crippen LogP contribution in [0.2, 0.25) is 0 Å². The second kappa shape index (κ2) is 5.51. The van der Waals surface area contributed by atoms with Gasteiger partial charge in [-0.1, -0.05) is 5.16 Å². The van der Waals surface area contributed by atoms with E-state index in [2.05, 4.69) is 15.5 Å². The average molecular weight is 314 g/mol. The third-order valence-electron chi connectivity index (χ3n) is 2.94. The number of nitrogens with one attached hydrogen (secondary N) is 1. The molecule has 8 heteroatoms. The number of amides is 1. The van der Waals surface area contributed by atoms with Crippen molar-refractivity contribution in [2.75, 3.05) is 17.8 Å². The van der Waals surface area contributed by atoms with Crippen LogP contribution in [0.25, 0.3) is 11.5 Å². The summed E-state index contributed by atoms with van der Waals surface area (Å²) in [6.45, 7) is 2.94. The Morgan fingerprint density at radius 1 is 1.55 bits per heavy atom. The number of alkyl halides is 1. The van der Waals surface area contributed by atoms with Crippen LogP contribution in [-0.2, 0) is 22.6 Å². The lowest BCUT2D eigenvalue weighted by Crippen LogP contribution is -2.12. The van der Waals surface area contributed by atoms with Crippen LogP contribution >= 0.6 is 22.9 Å². The van der Waals surface area contributed by atoms with E-state index < -0.39 is 0 Å². The van der Waals surface area contributed by atoms with Crippen LogP contribution in [0.4, 0.5) is 5.00 Å². The van der Waals surface area contributed by atoms with Crippen LogP contribution in [0.5, 0.6) is 0 Å². The van der Waals surface area contributed by atoms with Gasteiger partial charge in [0.2, 0.25) is 5.91 Å². The van der Waals surface area contributed by atoms with E-state index in [9.17, 15) is 4.79 Å². The molecule has 1 aliphatic rings. The van der Waals surface area contributed by atoms with Crippen LogP contribution in [0.1, 0.15) is 16.3 Å². The number of hydrogen-bond acceptors (Lipinski definition) is 6. The molecule has 0 aliphatic carbocycles. The molecule has 3 heterocycles. The molecule has 2 aromatic heterocycles. The third kappa shape index (κ3) is 2.44. The number of fused-ring (bicyclic) bond motifs is 1. The SMILES string of the molecule is Cc1noc(-c2c(NC(=O)CCl)sc3c2CCOC3)n1. The number of rotatable bonds is 3. The molecule has 6 nitrogen and oxygen atoms in total. The molecule has 0 atom stereocenters. The maximum atomic E-state index is 11.5. The van der Waals surface area contributed by atoms with Gasteiger partial charge in [0.05, 0.1) is 18.8 Å². The van der Waals surface area contributed by atoms with Crippen molar-refractivity contribution < 1.29 is 14.1 Å². The molecule has 20 heavy (non-hydrogen) atoms. The lowest BCUT2D eigenvalue weighted by molar-refractivity contribution is -0.113. The first kappa shape index (κ1) is 13.5. The van der Waals surface area contributed by atoms with Gasteiger partial charge in [-0.3, -0.25) is 4.79 Å². The van der Waals surface area contributed by atoms with Crippen molar-refractivity contribution in [2.24, 2.45) is 0 Å². The number of hydrogen-bond donors (Lipinski definition) is 1. The van der Waals surface area contributed by atoms with E-state index in [0.717, 1.165) is 22.4 Å². The summed E-state index contributed by atoms with van der Waals surface area (Å²) in [7, 11) is 0. The van der Waals surface area contributed by atoms with Crippen molar-refractivity contribution in [1.29, 1.82) is 0 Å². The van der Waals surface area contributed by atoms with Gasteiger partial charge in [0.15, 0.2) is 5.82 Å². The number of carbonyl (C=O) groups excluding carboxylic acids is 1. The summed E-state index contributed by atoms with van der Waals surface area (Å²) >= 11 is 7.01. The van der Waals surface area contributed by atoms with Gasteiger partial charge in [0.25, 0.3) is 5.89 Å². The highest BCUT2D eigenvalue weighted by Crippen LogP contribution is 2.42. The number of ether oxygens (including phenoxy) is 1. The summed E-state index contributed by atoms with van der Waals surface area (Å²) in [4.78, 5) is 16.9. The lowest BCUT2D eigenvalue weighted by atomic mass is 10.1. The summed E-state index contributed by atoms with van der Waals surface area (Å²) in [5.74, 6) is 0.624. The smallest absolute Gasteiger partial charge is 0.261 e. The van der Waals surface area contributed by atoms with E-state index >= 15 is 0 Å². The molecule has 0 spiro atoms. The highest BCUT2D eigenvalue weighted by Gasteiger charge is 2.26. The van der Waals surface area contributed by atoms with Crippen molar-refractivity contribution in [2.45, 2.75) is 20.0 Å². The number of carbonyl (C=O) groups is 1. The number of aromatic nitrogens is 2. The maximum absolute atomic E-state index is 11.5. The monoisotopic (exact) mass is 313 g/mol. The predicted octanol–water partition coefficient (Wildman–Crippen LogP) is 2.36. The molecule has 0 radical (unpaired) electrons. The molecular weight excluding hydrogens is 302 g/mol. The van der Waals surface area contributed by atoms with Crippen LogP contribution in [0.3, 0.4) is 0 Å². The summed E-state index contributed by atoms with van der Waals surface area (Å²) in [5.41, 5.74) is 1.90. The van der Waals surface area contributed by atoms with E-state index in [0.29, 0.717) is 29.9 Å². The molecule has 106 valence electrons. The maximum Gasteiger partial charge on any atom is 0.261 e. The molecule has 0 fully saturated rings. The van der Waals surface area contributed by atoms with E-state index in [1.807, 2.05) is 0 Å². The molecule has 2 aromatic rings. The summed E-state index contributed by atoms with van der Waals surface area (Å²) in [6.07, 6.45) is 0.763. The largest absolute Gasteiger partial charge is 0.376 e. The van der Waals surface area contributed by atoms with Gasteiger partial charge >= 0.3 is 0 Å². The Bertz CT molecular complexity index is 652. The fraction of sp³-hybridized carbons (Fsp3) is 0.417. The van der Waals surface area contributed by atoms with E-state index in [4.69, 9.17) is 20.9 Å². The minimum atomic E-state index is -0.260. The van der Waals surface area contributed by atoms with Crippen molar-refractivity contribution in [1.82, 2.24) is 10.1 Å². The Labute approximate surface area is 124 Å². The van der Waals surface area contributed by atoms with Crippen LogP contribution in [-0.4, -0.2) is 28.5 Å².